The fourth-order valence-electron chi connectivity index (χ4n) is 3.23. The fraction of sp³-hybridized carbons (Fsp3) is 0.263. The van der Waals surface area contributed by atoms with Crippen LogP contribution in [-0.4, -0.2) is 32.7 Å². The first-order valence-electron chi connectivity index (χ1n) is 8.80. The molecule has 0 radical (unpaired) electrons. The minimum Gasteiger partial charge on any atom is -0.462 e. The monoisotopic (exact) mass is 453 g/mol. The summed E-state index contributed by atoms with van der Waals surface area (Å²) in [5.74, 6) is -1.71. The summed E-state index contributed by atoms with van der Waals surface area (Å²) >= 11 is 2.21. The van der Waals surface area contributed by atoms with Crippen LogP contribution in [0.4, 0.5) is 9.39 Å². The van der Waals surface area contributed by atoms with Gasteiger partial charge in [0.15, 0.2) is 9.84 Å². The lowest BCUT2D eigenvalue weighted by Gasteiger charge is -2.13. The van der Waals surface area contributed by atoms with E-state index < -0.39 is 27.5 Å². The Morgan fingerprint density at radius 2 is 2.07 bits per heavy atom. The molecular weight excluding hydrogens is 437 g/mol. The van der Waals surface area contributed by atoms with E-state index in [1.165, 1.54) is 12.1 Å². The number of ether oxygens (including phenoxy) is 1. The predicted octanol–water partition coefficient (Wildman–Crippen LogP) is 4.00. The van der Waals surface area contributed by atoms with Crippen molar-refractivity contribution in [3.8, 4) is 0 Å². The second-order valence-electron chi connectivity index (χ2n) is 6.49. The summed E-state index contributed by atoms with van der Waals surface area (Å²) in [4.78, 5) is 26.1. The molecule has 0 fully saturated rings. The van der Waals surface area contributed by atoms with Gasteiger partial charge in [0.1, 0.15) is 10.8 Å². The van der Waals surface area contributed by atoms with Gasteiger partial charge in [-0.15, -0.1) is 22.7 Å². The van der Waals surface area contributed by atoms with Crippen LogP contribution in [0.3, 0.4) is 0 Å². The van der Waals surface area contributed by atoms with Gasteiger partial charge in [0.05, 0.1) is 28.6 Å². The van der Waals surface area contributed by atoms with Gasteiger partial charge in [-0.3, -0.25) is 4.79 Å². The Morgan fingerprint density at radius 1 is 1.28 bits per heavy atom. The Kier molecular flexibility index (Phi) is 5.18. The number of nitrogens with one attached hydrogen (secondary N) is 1. The molecule has 152 valence electrons. The smallest absolute Gasteiger partial charge is 0.341 e. The number of hydrogen-bond donors (Lipinski definition) is 1. The predicted molar refractivity (Wildman–Crippen MR) is 111 cm³/mol. The van der Waals surface area contributed by atoms with Gasteiger partial charge in [0.2, 0.25) is 0 Å². The van der Waals surface area contributed by atoms with Crippen LogP contribution >= 0.6 is 22.7 Å². The second kappa shape index (κ2) is 7.51. The number of halogens is 1. The summed E-state index contributed by atoms with van der Waals surface area (Å²) in [6, 6.07) is 6.08. The maximum Gasteiger partial charge on any atom is 0.341 e. The average molecular weight is 454 g/mol. The van der Waals surface area contributed by atoms with Crippen LogP contribution in [0.1, 0.15) is 37.4 Å². The molecule has 0 saturated carbocycles. The SMILES string of the molecule is CCOC(=O)c1c(NC(=O)c2cc3c(F)cccc3s2)sc2c1CCS(=O)(=O)C2. The van der Waals surface area contributed by atoms with Crippen molar-refractivity contribution >= 4 is 59.5 Å². The third-order valence-corrected chi connectivity index (χ3v) is 8.53. The molecule has 0 aliphatic carbocycles. The van der Waals surface area contributed by atoms with E-state index in [1.54, 1.807) is 19.1 Å². The van der Waals surface area contributed by atoms with Gasteiger partial charge in [-0.05, 0) is 37.1 Å². The minimum atomic E-state index is -3.23. The number of amides is 1. The van der Waals surface area contributed by atoms with Crippen molar-refractivity contribution in [2.75, 3.05) is 17.7 Å². The molecule has 3 aromatic rings. The number of esters is 1. The lowest BCUT2D eigenvalue weighted by atomic mass is 10.1. The molecule has 4 rings (SSSR count). The van der Waals surface area contributed by atoms with Crippen LogP contribution in [0.5, 0.6) is 0 Å². The Morgan fingerprint density at radius 3 is 2.79 bits per heavy atom. The molecule has 0 saturated heterocycles. The molecule has 2 aromatic heterocycles. The zero-order chi connectivity index (χ0) is 20.8. The molecule has 3 heterocycles. The maximum atomic E-state index is 13.9. The molecular formula is C19H16FNO5S3. The van der Waals surface area contributed by atoms with E-state index >= 15 is 0 Å². The topological polar surface area (TPSA) is 89.5 Å². The molecule has 1 aliphatic heterocycles. The van der Waals surface area contributed by atoms with Gasteiger partial charge >= 0.3 is 5.97 Å². The van der Waals surface area contributed by atoms with E-state index in [9.17, 15) is 22.4 Å². The summed E-state index contributed by atoms with van der Waals surface area (Å²) in [5, 5.41) is 3.31. The van der Waals surface area contributed by atoms with Crippen molar-refractivity contribution in [1.82, 2.24) is 0 Å². The van der Waals surface area contributed by atoms with Gasteiger partial charge < -0.3 is 10.1 Å². The molecule has 1 aliphatic rings. The van der Waals surface area contributed by atoms with Crippen LogP contribution in [0.15, 0.2) is 24.3 Å². The molecule has 1 N–H and O–H groups in total. The minimum absolute atomic E-state index is 0.0495. The number of anilines is 1. The lowest BCUT2D eigenvalue weighted by Crippen LogP contribution is -2.20. The van der Waals surface area contributed by atoms with E-state index in [4.69, 9.17) is 4.74 Å². The van der Waals surface area contributed by atoms with E-state index in [2.05, 4.69) is 5.32 Å². The molecule has 0 bridgehead atoms. The average Bonchev–Trinajstić information content (AvgIpc) is 3.23. The molecule has 10 heteroatoms. The highest BCUT2D eigenvalue weighted by atomic mass is 32.2. The lowest BCUT2D eigenvalue weighted by molar-refractivity contribution is 0.0527. The number of thiophene rings is 2. The number of benzene rings is 1. The van der Waals surface area contributed by atoms with Crippen molar-refractivity contribution in [3.63, 3.8) is 0 Å². The first-order chi connectivity index (χ1) is 13.8. The molecule has 1 amide bonds. The van der Waals surface area contributed by atoms with Crippen LogP contribution in [0.2, 0.25) is 0 Å². The van der Waals surface area contributed by atoms with Gasteiger partial charge in [-0.25, -0.2) is 17.6 Å². The Bertz CT molecular complexity index is 1240. The van der Waals surface area contributed by atoms with Crippen molar-refractivity contribution < 1.29 is 27.1 Å². The zero-order valence-electron chi connectivity index (χ0n) is 15.3. The molecule has 29 heavy (non-hydrogen) atoms. The number of rotatable bonds is 4. The molecule has 6 nitrogen and oxygen atoms in total. The highest BCUT2D eigenvalue weighted by molar-refractivity contribution is 7.90. The van der Waals surface area contributed by atoms with Crippen molar-refractivity contribution in [2.45, 2.75) is 19.1 Å². The van der Waals surface area contributed by atoms with E-state index in [0.717, 1.165) is 22.7 Å². The zero-order valence-corrected chi connectivity index (χ0v) is 17.7. The summed E-state index contributed by atoms with van der Waals surface area (Å²) in [6.07, 6.45) is 0.201. The molecule has 0 atom stereocenters. The second-order valence-corrected chi connectivity index (χ2v) is 10.9. The molecule has 0 spiro atoms. The summed E-state index contributed by atoms with van der Waals surface area (Å²) in [7, 11) is -3.23. The summed E-state index contributed by atoms with van der Waals surface area (Å²) in [6.45, 7) is 1.83. The van der Waals surface area contributed by atoms with Crippen molar-refractivity contribution in [1.29, 1.82) is 0 Å². The number of sulfone groups is 1. The highest BCUT2D eigenvalue weighted by Gasteiger charge is 2.32. The number of carbonyl (C=O) groups is 2. The first-order valence-corrected chi connectivity index (χ1v) is 12.3. The molecule has 1 aromatic carbocycles. The van der Waals surface area contributed by atoms with Crippen molar-refractivity contribution in [2.24, 2.45) is 0 Å². The van der Waals surface area contributed by atoms with E-state index in [0.29, 0.717) is 25.4 Å². The Labute approximate surface area is 174 Å². The van der Waals surface area contributed by atoms with E-state index in [-0.39, 0.29) is 35.1 Å². The fourth-order valence-corrected chi connectivity index (χ4v) is 7.24. The van der Waals surface area contributed by atoms with Crippen LogP contribution in [0.25, 0.3) is 10.1 Å². The van der Waals surface area contributed by atoms with E-state index in [1.807, 2.05) is 0 Å². The first kappa shape index (κ1) is 20.0. The highest BCUT2D eigenvalue weighted by Crippen LogP contribution is 2.39. The summed E-state index contributed by atoms with van der Waals surface area (Å²) in [5.41, 5.74) is 0.823. The van der Waals surface area contributed by atoms with Crippen LogP contribution in [0, 0.1) is 5.82 Å². The van der Waals surface area contributed by atoms with Crippen LogP contribution < -0.4 is 5.32 Å². The van der Waals surface area contributed by atoms with Gasteiger partial charge in [-0.2, -0.15) is 0 Å². The largest absolute Gasteiger partial charge is 0.462 e. The Hall–Kier alpha value is -2.30. The van der Waals surface area contributed by atoms with Crippen LogP contribution in [-0.2, 0) is 26.7 Å². The normalized spacial score (nSPS) is 15.1. The Balaban J connectivity index is 1.71. The van der Waals surface area contributed by atoms with Gasteiger partial charge in [-0.1, -0.05) is 6.07 Å². The number of fused-ring (bicyclic) bond motifs is 2. The molecule has 0 unspecified atom stereocenters. The van der Waals surface area contributed by atoms with Gasteiger partial charge in [0.25, 0.3) is 5.91 Å². The maximum absolute atomic E-state index is 13.9. The number of carbonyl (C=O) groups excluding carboxylic acids is 2. The third-order valence-electron chi connectivity index (χ3n) is 4.54. The standard InChI is InChI=1S/C19H16FNO5S3/c1-2-26-19(23)16-10-6-7-29(24,25)9-15(10)28-18(16)21-17(22)14-8-11-12(20)4-3-5-13(11)27-14/h3-5,8H,2,6-7,9H2,1H3,(H,21,22). The number of hydrogen-bond acceptors (Lipinski definition) is 7. The summed E-state index contributed by atoms with van der Waals surface area (Å²) < 4.78 is 43.6. The van der Waals surface area contributed by atoms with Gasteiger partial charge in [0, 0.05) is 15.0 Å². The van der Waals surface area contributed by atoms with Crippen molar-refractivity contribution in [3.05, 3.63) is 51.0 Å². The quantitative estimate of drug-likeness (QED) is 0.603. The third kappa shape index (κ3) is 3.79.